The molecule has 3 rings (SSSR count). The Kier molecular flexibility index (Phi) is 5.83. The van der Waals surface area contributed by atoms with E-state index in [1.54, 1.807) is 10.8 Å². The van der Waals surface area contributed by atoms with Gasteiger partial charge in [-0.2, -0.15) is 13.2 Å². The molecule has 2 heterocycles. The summed E-state index contributed by atoms with van der Waals surface area (Å²) in [5.41, 5.74) is -3.27. The van der Waals surface area contributed by atoms with Crippen LogP contribution in [0, 0.1) is 0 Å². The van der Waals surface area contributed by atoms with Crippen molar-refractivity contribution in [1.29, 1.82) is 0 Å². The Morgan fingerprint density at radius 3 is 2.52 bits per heavy atom. The summed E-state index contributed by atoms with van der Waals surface area (Å²) >= 11 is 1.11. The van der Waals surface area contributed by atoms with E-state index in [1.165, 1.54) is 17.6 Å². The van der Waals surface area contributed by atoms with Crippen LogP contribution in [-0.4, -0.2) is 37.9 Å². The number of hydrogen-bond donors (Lipinski definition) is 3. The average Bonchev–Trinajstić information content (AvgIpc) is 3.13. The highest BCUT2D eigenvalue weighted by Gasteiger charge is 2.46. The lowest BCUT2D eigenvalue weighted by molar-refractivity contribution is -0.0518. The van der Waals surface area contributed by atoms with Gasteiger partial charge in [0.15, 0.2) is 0 Å². The van der Waals surface area contributed by atoms with Crippen molar-refractivity contribution in [2.24, 2.45) is 10.2 Å². The molecule has 1 aromatic heterocycles. The number of halogens is 3. The molecule has 8 nitrogen and oxygen atoms in total. The second kappa shape index (κ2) is 7.96. The zero-order chi connectivity index (χ0) is 19.5. The number of piperidine rings is 1. The van der Waals surface area contributed by atoms with Crippen molar-refractivity contribution in [3.05, 3.63) is 23.7 Å². The maximum Gasteiger partial charge on any atom is 0.514 e. The second-order valence-electron chi connectivity index (χ2n) is 5.77. The first-order valence-corrected chi connectivity index (χ1v) is 10.4. The summed E-state index contributed by atoms with van der Waals surface area (Å²) in [4.78, 5) is 2.03. The van der Waals surface area contributed by atoms with Crippen LogP contribution in [0.2, 0.25) is 0 Å². The van der Waals surface area contributed by atoms with Crippen molar-refractivity contribution in [3.63, 3.8) is 0 Å². The smallest absolute Gasteiger partial charge is 0.371 e. The molecule has 0 amide bonds. The summed E-state index contributed by atoms with van der Waals surface area (Å²) in [6, 6.07) is 4.60. The minimum atomic E-state index is -5.22. The van der Waals surface area contributed by atoms with Gasteiger partial charge in [0.1, 0.15) is 11.2 Å². The van der Waals surface area contributed by atoms with Gasteiger partial charge in [-0.05, 0) is 48.2 Å². The average molecular weight is 422 g/mol. The van der Waals surface area contributed by atoms with Crippen LogP contribution in [0.5, 0.6) is 0 Å². The highest BCUT2D eigenvalue weighted by Crippen LogP contribution is 2.56. The maximum atomic E-state index is 12.9. The molecule has 0 unspecified atom stereocenters. The first-order chi connectivity index (χ1) is 12.8. The zero-order valence-corrected chi connectivity index (χ0v) is 15.6. The van der Waals surface area contributed by atoms with E-state index in [2.05, 4.69) is 20.4 Å². The zero-order valence-electron chi connectivity index (χ0n) is 13.9. The van der Waals surface area contributed by atoms with E-state index in [-0.39, 0.29) is 16.5 Å². The van der Waals surface area contributed by atoms with Crippen LogP contribution < -0.4 is 9.62 Å². The fourth-order valence-electron chi connectivity index (χ4n) is 2.56. The lowest BCUT2D eigenvalue weighted by atomic mass is 10.1. The van der Waals surface area contributed by atoms with Gasteiger partial charge in [-0.15, -0.1) is 20.4 Å². The SMILES string of the molecule is OS(O)(Nc1cc(N2CCCCC2)ccc1N=Nc1nncs1)C(F)(F)F. The van der Waals surface area contributed by atoms with Gasteiger partial charge >= 0.3 is 5.51 Å². The molecule has 1 aliphatic heterocycles. The van der Waals surface area contributed by atoms with E-state index >= 15 is 0 Å². The Hall–Kier alpha value is -1.96. The predicted molar refractivity (Wildman–Crippen MR) is 99.1 cm³/mol. The molecule has 3 N–H and O–H groups in total. The van der Waals surface area contributed by atoms with Crippen LogP contribution >= 0.6 is 22.1 Å². The van der Waals surface area contributed by atoms with Crippen LogP contribution in [0.3, 0.4) is 0 Å². The van der Waals surface area contributed by atoms with Gasteiger partial charge in [-0.1, -0.05) is 11.3 Å². The van der Waals surface area contributed by atoms with Gasteiger partial charge in [-0.3, -0.25) is 13.8 Å². The fraction of sp³-hybridized carbons (Fsp3) is 0.429. The molecule has 0 spiro atoms. The molecular formula is C14H17F3N6O2S2. The Balaban J connectivity index is 1.93. The first kappa shape index (κ1) is 19.8. The van der Waals surface area contributed by atoms with E-state index in [1.807, 2.05) is 4.90 Å². The molecule has 0 saturated carbocycles. The van der Waals surface area contributed by atoms with Gasteiger partial charge in [0.05, 0.1) is 5.69 Å². The largest absolute Gasteiger partial charge is 0.514 e. The molecule has 1 saturated heterocycles. The summed E-state index contributed by atoms with van der Waals surface area (Å²) in [7, 11) is -5.09. The number of anilines is 2. The van der Waals surface area contributed by atoms with E-state index in [4.69, 9.17) is 0 Å². The monoisotopic (exact) mass is 422 g/mol. The van der Waals surface area contributed by atoms with Gasteiger partial charge in [0.25, 0.3) is 5.13 Å². The molecule has 13 heteroatoms. The molecule has 1 aliphatic rings. The first-order valence-electron chi connectivity index (χ1n) is 7.95. The summed E-state index contributed by atoms with van der Waals surface area (Å²) in [6.07, 6.45) is 3.07. The molecule has 1 fully saturated rings. The van der Waals surface area contributed by atoms with Gasteiger partial charge in [-0.25, -0.2) is 0 Å². The van der Waals surface area contributed by atoms with Crippen LogP contribution in [0.25, 0.3) is 0 Å². The Bertz CT molecular complexity index is 795. The second-order valence-corrected chi connectivity index (χ2v) is 8.34. The molecule has 0 aliphatic carbocycles. The molecular weight excluding hydrogens is 405 g/mol. The molecule has 27 heavy (non-hydrogen) atoms. The van der Waals surface area contributed by atoms with Crippen molar-refractivity contribution in [2.75, 3.05) is 22.7 Å². The lowest BCUT2D eigenvalue weighted by Gasteiger charge is -2.35. The number of azo groups is 1. The number of hydrogen-bond acceptors (Lipinski definition) is 9. The highest BCUT2D eigenvalue weighted by atomic mass is 32.3. The van der Waals surface area contributed by atoms with E-state index in [0.29, 0.717) is 5.69 Å². The maximum absolute atomic E-state index is 12.9. The summed E-state index contributed by atoms with van der Waals surface area (Å²) in [6.45, 7) is 1.56. The van der Waals surface area contributed by atoms with Crippen LogP contribution in [0.4, 0.5) is 35.4 Å². The predicted octanol–water partition coefficient (Wildman–Crippen LogP) is 5.54. The number of nitrogens with one attached hydrogen (secondary N) is 1. The molecule has 0 bridgehead atoms. The van der Waals surface area contributed by atoms with E-state index < -0.39 is 16.3 Å². The summed E-state index contributed by atoms with van der Waals surface area (Å²) in [5, 5.41) is 15.2. The number of nitrogens with zero attached hydrogens (tertiary/aromatic N) is 5. The molecule has 2 aromatic rings. The Labute approximate surface area is 158 Å². The van der Waals surface area contributed by atoms with Gasteiger partial charge in [0.2, 0.25) is 0 Å². The Morgan fingerprint density at radius 1 is 1.15 bits per heavy atom. The van der Waals surface area contributed by atoms with Gasteiger partial charge < -0.3 is 4.90 Å². The molecule has 1 aromatic carbocycles. The van der Waals surface area contributed by atoms with Crippen LogP contribution in [0.1, 0.15) is 19.3 Å². The lowest BCUT2D eigenvalue weighted by Crippen LogP contribution is -2.29. The van der Waals surface area contributed by atoms with E-state index in [9.17, 15) is 22.3 Å². The normalized spacial score (nSPS) is 16.7. The number of benzene rings is 1. The van der Waals surface area contributed by atoms with Crippen LogP contribution in [0.15, 0.2) is 33.9 Å². The number of rotatable bonds is 5. The fourth-order valence-corrected chi connectivity index (χ4v) is 3.52. The van der Waals surface area contributed by atoms with Crippen molar-refractivity contribution in [2.45, 2.75) is 24.8 Å². The number of alkyl halides is 3. The summed E-state index contributed by atoms with van der Waals surface area (Å²) in [5.74, 6) is 0. The Morgan fingerprint density at radius 2 is 1.89 bits per heavy atom. The van der Waals surface area contributed by atoms with Crippen molar-refractivity contribution >= 4 is 44.3 Å². The van der Waals surface area contributed by atoms with Crippen molar-refractivity contribution in [3.8, 4) is 0 Å². The quantitative estimate of drug-likeness (QED) is 0.546. The summed E-state index contributed by atoms with van der Waals surface area (Å²) < 4.78 is 59.5. The van der Waals surface area contributed by atoms with Gasteiger partial charge in [0, 0.05) is 18.8 Å². The van der Waals surface area contributed by atoms with Crippen molar-refractivity contribution < 1.29 is 22.3 Å². The molecule has 0 atom stereocenters. The minimum absolute atomic E-state index is 0.0233. The third-order valence-electron chi connectivity index (χ3n) is 3.87. The van der Waals surface area contributed by atoms with Crippen LogP contribution in [-0.2, 0) is 0 Å². The van der Waals surface area contributed by atoms with E-state index in [0.717, 1.165) is 43.7 Å². The minimum Gasteiger partial charge on any atom is -0.371 e. The van der Waals surface area contributed by atoms with Crippen molar-refractivity contribution in [1.82, 2.24) is 10.2 Å². The topological polar surface area (TPSA) is 106 Å². The molecule has 0 radical (unpaired) electrons. The standard InChI is InChI=1S/C14H17F3N6O2S2/c15-14(16,17)27(24,25)22-12-8-10(23-6-2-1-3-7-23)4-5-11(12)19-21-13-20-18-9-26-13/h4-5,8-9,22,24-25H,1-3,6-7H2. The highest BCUT2D eigenvalue weighted by molar-refractivity contribution is 8.26. The molecule has 148 valence electrons. The number of aromatic nitrogens is 2. The third kappa shape index (κ3) is 4.86. The third-order valence-corrected chi connectivity index (χ3v) is 5.59.